The maximum absolute atomic E-state index is 12.5. The molecule has 130 valence electrons. The summed E-state index contributed by atoms with van der Waals surface area (Å²) >= 11 is 7.20. The van der Waals surface area contributed by atoms with Crippen molar-refractivity contribution < 1.29 is 22.7 Å². The Morgan fingerprint density at radius 2 is 2.17 bits per heavy atom. The summed E-state index contributed by atoms with van der Waals surface area (Å²) in [6.07, 6.45) is -3.77. The van der Waals surface area contributed by atoms with Crippen LogP contribution in [-0.4, -0.2) is 49.2 Å². The summed E-state index contributed by atoms with van der Waals surface area (Å²) in [5, 5.41) is 5.32. The van der Waals surface area contributed by atoms with Crippen molar-refractivity contribution in [3.63, 3.8) is 0 Å². The lowest BCUT2D eigenvalue weighted by atomic mass is 10.3. The smallest absolute Gasteiger partial charge is 0.384 e. The number of nitrogens with zero attached hydrogens (tertiary/aromatic N) is 1. The van der Waals surface area contributed by atoms with Crippen LogP contribution in [0, 0.1) is 0 Å². The molecule has 0 saturated heterocycles. The van der Waals surface area contributed by atoms with Gasteiger partial charge >= 0.3 is 6.18 Å². The molecule has 0 aliphatic heterocycles. The predicted octanol–water partition coefficient (Wildman–Crippen LogP) is 2.66. The Morgan fingerprint density at radius 3 is 2.78 bits per heavy atom. The van der Waals surface area contributed by atoms with Crippen molar-refractivity contribution in [2.24, 2.45) is 0 Å². The fourth-order valence-corrected chi connectivity index (χ4v) is 2.41. The van der Waals surface area contributed by atoms with E-state index in [4.69, 9.17) is 16.3 Å². The van der Waals surface area contributed by atoms with Crippen molar-refractivity contribution in [3.05, 3.63) is 22.8 Å². The van der Waals surface area contributed by atoms with E-state index in [2.05, 4.69) is 15.6 Å². The molecular formula is C13H17ClF3N3O2S. The molecule has 0 aliphatic rings. The van der Waals surface area contributed by atoms with Crippen LogP contribution in [-0.2, 0) is 15.7 Å². The van der Waals surface area contributed by atoms with Crippen molar-refractivity contribution in [1.82, 2.24) is 10.3 Å². The Morgan fingerprint density at radius 1 is 1.43 bits per heavy atom. The van der Waals surface area contributed by atoms with Gasteiger partial charge in [0.15, 0.2) is 0 Å². The highest BCUT2D eigenvalue weighted by atomic mass is 35.5. The highest BCUT2D eigenvalue weighted by Crippen LogP contribution is 2.32. The van der Waals surface area contributed by atoms with Crippen molar-refractivity contribution in [1.29, 1.82) is 0 Å². The Hall–Kier alpha value is -1.19. The average molecular weight is 372 g/mol. The molecule has 5 nitrogen and oxygen atoms in total. The van der Waals surface area contributed by atoms with E-state index in [-0.39, 0.29) is 16.7 Å². The lowest BCUT2D eigenvalue weighted by Crippen LogP contribution is -2.30. The van der Waals surface area contributed by atoms with Gasteiger partial charge in [-0.05, 0) is 6.07 Å². The topological polar surface area (TPSA) is 63.2 Å². The minimum atomic E-state index is -4.48. The Kier molecular flexibility index (Phi) is 8.49. The van der Waals surface area contributed by atoms with E-state index in [1.807, 2.05) is 0 Å². The van der Waals surface area contributed by atoms with Crippen molar-refractivity contribution in [3.8, 4) is 0 Å². The van der Waals surface area contributed by atoms with Gasteiger partial charge in [-0.3, -0.25) is 4.79 Å². The number of nitrogens with one attached hydrogen (secondary N) is 2. The molecule has 0 radical (unpaired) electrons. The van der Waals surface area contributed by atoms with Gasteiger partial charge in [-0.25, -0.2) is 4.98 Å². The van der Waals surface area contributed by atoms with Crippen LogP contribution < -0.4 is 10.6 Å². The first kappa shape index (κ1) is 19.9. The first-order valence-electron chi connectivity index (χ1n) is 6.64. The number of carbonyl (C=O) groups is 1. The Balaban J connectivity index is 2.29. The molecule has 1 aromatic rings. The van der Waals surface area contributed by atoms with Crippen molar-refractivity contribution in [2.75, 3.05) is 43.6 Å². The first-order valence-corrected chi connectivity index (χ1v) is 8.18. The van der Waals surface area contributed by atoms with Gasteiger partial charge in [-0.2, -0.15) is 13.2 Å². The van der Waals surface area contributed by atoms with Crippen molar-refractivity contribution in [2.45, 2.75) is 6.18 Å². The third kappa shape index (κ3) is 7.76. The van der Waals surface area contributed by atoms with E-state index in [1.165, 1.54) is 11.8 Å². The van der Waals surface area contributed by atoms with Crippen LogP contribution in [0.25, 0.3) is 0 Å². The minimum Gasteiger partial charge on any atom is -0.384 e. The first-order chi connectivity index (χ1) is 10.8. The molecule has 0 bridgehead atoms. The predicted molar refractivity (Wildman–Crippen MR) is 84.9 cm³/mol. The van der Waals surface area contributed by atoms with E-state index >= 15 is 0 Å². The van der Waals surface area contributed by atoms with E-state index in [1.54, 1.807) is 7.11 Å². The van der Waals surface area contributed by atoms with Crippen LogP contribution >= 0.6 is 23.4 Å². The van der Waals surface area contributed by atoms with E-state index in [0.717, 1.165) is 11.8 Å². The molecule has 1 heterocycles. The zero-order valence-electron chi connectivity index (χ0n) is 12.4. The number of ether oxygens (including phenoxy) is 1. The molecule has 0 saturated carbocycles. The number of hydrogen-bond acceptors (Lipinski definition) is 5. The molecule has 10 heteroatoms. The third-order valence-electron chi connectivity index (χ3n) is 2.57. The maximum atomic E-state index is 12.5. The maximum Gasteiger partial charge on any atom is 0.417 e. The molecule has 0 aliphatic carbocycles. The monoisotopic (exact) mass is 371 g/mol. The molecule has 0 aromatic carbocycles. The normalized spacial score (nSPS) is 11.3. The molecule has 0 spiro atoms. The Bertz CT molecular complexity index is 518. The molecule has 0 unspecified atom stereocenters. The van der Waals surface area contributed by atoms with Crippen molar-refractivity contribution >= 4 is 35.1 Å². The standard InChI is InChI=1S/C13H17ClF3N3O2S/c1-22-4-5-23-8-11(21)18-2-3-19-12-10(14)6-9(7-20-12)13(15,16)17/h6-7H,2-5,8H2,1H3,(H,18,21)(H,19,20). The largest absolute Gasteiger partial charge is 0.417 e. The number of aromatic nitrogens is 1. The van der Waals surface area contributed by atoms with Gasteiger partial charge in [0.05, 0.1) is 22.9 Å². The number of halogens is 4. The minimum absolute atomic E-state index is 0.124. The molecule has 1 amide bonds. The lowest BCUT2D eigenvalue weighted by Gasteiger charge is -2.11. The number of carbonyl (C=O) groups excluding carboxylic acids is 1. The number of rotatable bonds is 9. The molecule has 0 atom stereocenters. The van der Waals surface area contributed by atoms with E-state index < -0.39 is 11.7 Å². The summed E-state index contributed by atoms with van der Waals surface area (Å²) in [6, 6.07) is 0.807. The SMILES string of the molecule is COCCSCC(=O)NCCNc1ncc(C(F)(F)F)cc1Cl. The molecule has 2 N–H and O–H groups in total. The molecule has 23 heavy (non-hydrogen) atoms. The van der Waals surface area contributed by atoms with Crippen LogP contribution in [0.4, 0.5) is 19.0 Å². The average Bonchev–Trinajstić information content (AvgIpc) is 2.48. The van der Waals surface area contributed by atoms with E-state index in [0.29, 0.717) is 31.6 Å². The summed E-state index contributed by atoms with van der Waals surface area (Å²) in [5.41, 5.74) is -0.908. The number of pyridine rings is 1. The molecular weight excluding hydrogens is 355 g/mol. The van der Waals surface area contributed by atoms with Gasteiger partial charge < -0.3 is 15.4 Å². The van der Waals surface area contributed by atoms with E-state index in [9.17, 15) is 18.0 Å². The highest BCUT2D eigenvalue weighted by Gasteiger charge is 2.31. The second kappa shape index (κ2) is 9.84. The molecule has 1 rings (SSSR count). The zero-order chi connectivity index (χ0) is 17.3. The number of anilines is 1. The quantitative estimate of drug-likeness (QED) is 0.653. The number of amides is 1. The van der Waals surface area contributed by atoms with Crippen LogP contribution in [0.2, 0.25) is 5.02 Å². The van der Waals surface area contributed by atoms with Gasteiger partial charge in [-0.1, -0.05) is 11.6 Å². The van der Waals surface area contributed by atoms with Crippen LogP contribution in [0.5, 0.6) is 0 Å². The van der Waals surface area contributed by atoms with Gasteiger partial charge in [0.2, 0.25) is 5.91 Å². The van der Waals surface area contributed by atoms with Gasteiger partial charge in [0, 0.05) is 32.1 Å². The number of methoxy groups -OCH3 is 1. The van der Waals surface area contributed by atoms with Crippen LogP contribution in [0.3, 0.4) is 0 Å². The summed E-state index contributed by atoms with van der Waals surface area (Å²) in [6.45, 7) is 1.19. The highest BCUT2D eigenvalue weighted by molar-refractivity contribution is 7.99. The molecule has 0 fully saturated rings. The lowest BCUT2D eigenvalue weighted by molar-refractivity contribution is -0.137. The summed E-state index contributed by atoms with van der Waals surface area (Å²) in [7, 11) is 1.59. The summed E-state index contributed by atoms with van der Waals surface area (Å²) in [4.78, 5) is 15.1. The second-order valence-corrected chi connectivity index (χ2v) is 5.89. The van der Waals surface area contributed by atoms with Gasteiger partial charge in [0.1, 0.15) is 5.82 Å². The number of alkyl halides is 3. The van der Waals surface area contributed by atoms with Gasteiger partial charge in [0.25, 0.3) is 0 Å². The summed E-state index contributed by atoms with van der Waals surface area (Å²) < 4.78 is 42.3. The fourth-order valence-electron chi connectivity index (χ4n) is 1.46. The van der Waals surface area contributed by atoms with Gasteiger partial charge in [-0.15, -0.1) is 11.8 Å². The summed E-state index contributed by atoms with van der Waals surface area (Å²) in [5.74, 6) is 1.07. The third-order valence-corrected chi connectivity index (χ3v) is 3.78. The fraction of sp³-hybridized carbons (Fsp3) is 0.538. The zero-order valence-corrected chi connectivity index (χ0v) is 13.9. The van der Waals surface area contributed by atoms with Crippen LogP contribution in [0.1, 0.15) is 5.56 Å². The Labute approximate surface area is 141 Å². The number of thioether (sulfide) groups is 1. The molecule has 1 aromatic heterocycles. The number of hydrogen-bond donors (Lipinski definition) is 2. The van der Waals surface area contributed by atoms with Crippen LogP contribution in [0.15, 0.2) is 12.3 Å². The second-order valence-electron chi connectivity index (χ2n) is 4.37.